The molecule has 6 nitrogen and oxygen atoms in total. The lowest BCUT2D eigenvalue weighted by molar-refractivity contribution is -0.139. The maximum atomic E-state index is 9.87. The second-order valence-electron chi connectivity index (χ2n) is 2.48. The standard InChI is InChI=1S/C5H6O4.2C2H7N/c1-3(5(8)9)2-4(6)7;2*1-3-2/h1-2H2,(H,6,7)(H,8,9);2*3H,1-2H3. The van der Waals surface area contributed by atoms with Gasteiger partial charge in [0.05, 0.1) is 6.42 Å². The van der Waals surface area contributed by atoms with Gasteiger partial charge in [-0.25, -0.2) is 4.79 Å². The highest BCUT2D eigenvalue weighted by molar-refractivity contribution is 5.91. The number of hydrogen-bond acceptors (Lipinski definition) is 4. The smallest absolute Gasteiger partial charge is 0.331 e. The summed E-state index contributed by atoms with van der Waals surface area (Å²) in [5.41, 5.74) is -0.303. The molecule has 0 radical (unpaired) electrons. The molecular weight excluding hydrogens is 200 g/mol. The van der Waals surface area contributed by atoms with Crippen LogP contribution in [0.1, 0.15) is 6.42 Å². The first-order chi connectivity index (χ1) is 6.87. The minimum absolute atomic E-state index is 0.303. The minimum atomic E-state index is -1.27. The van der Waals surface area contributed by atoms with Gasteiger partial charge in [-0.3, -0.25) is 4.79 Å². The fraction of sp³-hybridized carbons (Fsp3) is 0.556. The van der Waals surface area contributed by atoms with E-state index < -0.39 is 18.4 Å². The number of nitrogens with one attached hydrogen (secondary N) is 2. The SMILES string of the molecule is C=C(CC(=O)O)C(=O)O.CNC.CNC. The van der Waals surface area contributed by atoms with E-state index in [0.29, 0.717) is 0 Å². The highest BCUT2D eigenvalue weighted by Gasteiger charge is 2.07. The van der Waals surface area contributed by atoms with Crippen molar-refractivity contribution in [1.29, 1.82) is 0 Å². The van der Waals surface area contributed by atoms with E-state index in [1.165, 1.54) is 0 Å². The second-order valence-corrected chi connectivity index (χ2v) is 2.48. The van der Waals surface area contributed by atoms with Gasteiger partial charge in [0.1, 0.15) is 0 Å². The molecule has 0 aliphatic heterocycles. The lowest BCUT2D eigenvalue weighted by Crippen LogP contribution is -2.04. The molecule has 0 rings (SSSR count). The molecule has 15 heavy (non-hydrogen) atoms. The van der Waals surface area contributed by atoms with Gasteiger partial charge in [-0.15, -0.1) is 0 Å². The van der Waals surface area contributed by atoms with Gasteiger partial charge in [0.2, 0.25) is 0 Å². The number of carbonyl (C=O) groups is 2. The summed E-state index contributed by atoms with van der Waals surface area (Å²) < 4.78 is 0. The van der Waals surface area contributed by atoms with Crippen LogP contribution in [-0.2, 0) is 9.59 Å². The fourth-order valence-corrected chi connectivity index (χ4v) is 0.258. The summed E-state index contributed by atoms with van der Waals surface area (Å²) in [5, 5.41) is 21.6. The second kappa shape index (κ2) is 15.1. The average molecular weight is 220 g/mol. The molecule has 0 bridgehead atoms. The van der Waals surface area contributed by atoms with Gasteiger partial charge in [0, 0.05) is 5.57 Å². The average Bonchev–Trinajstić information content (AvgIpc) is 2.05. The van der Waals surface area contributed by atoms with E-state index in [2.05, 4.69) is 17.2 Å². The van der Waals surface area contributed by atoms with Crippen molar-refractivity contribution in [3.8, 4) is 0 Å². The van der Waals surface area contributed by atoms with Crippen LogP contribution in [0, 0.1) is 0 Å². The predicted molar refractivity (Wildman–Crippen MR) is 59.0 cm³/mol. The monoisotopic (exact) mass is 220 g/mol. The third-order valence-electron chi connectivity index (χ3n) is 0.667. The quantitative estimate of drug-likeness (QED) is 0.490. The largest absolute Gasteiger partial charge is 0.481 e. The van der Waals surface area contributed by atoms with Gasteiger partial charge >= 0.3 is 11.9 Å². The van der Waals surface area contributed by atoms with Crippen molar-refractivity contribution in [2.75, 3.05) is 28.2 Å². The highest BCUT2D eigenvalue weighted by atomic mass is 16.4. The van der Waals surface area contributed by atoms with Crippen molar-refractivity contribution >= 4 is 11.9 Å². The maximum Gasteiger partial charge on any atom is 0.331 e. The molecule has 0 saturated carbocycles. The summed E-state index contributed by atoms with van der Waals surface area (Å²) in [6.07, 6.45) is -0.505. The molecule has 0 aromatic heterocycles. The summed E-state index contributed by atoms with van der Waals surface area (Å²) in [7, 11) is 7.50. The molecule has 90 valence electrons. The van der Waals surface area contributed by atoms with Gasteiger partial charge < -0.3 is 20.8 Å². The topological polar surface area (TPSA) is 98.7 Å². The summed E-state index contributed by atoms with van der Waals surface area (Å²) >= 11 is 0. The zero-order chi connectivity index (χ0) is 12.9. The Morgan fingerprint density at radius 2 is 1.33 bits per heavy atom. The normalized spacial score (nSPS) is 7.47. The molecule has 4 N–H and O–H groups in total. The van der Waals surface area contributed by atoms with Crippen LogP contribution in [0.25, 0.3) is 0 Å². The van der Waals surface area contributed by atoms with E-state index in [1.807, 2.05) is 28.2 Å². The Balaban J connectivity index is -0.000000200. The van der Waals surface area contributed by atoms with Crippen LogP contribution in [0.5, 0.6) is 0 Å². The molecule has 0 atom stereocenters. The van der Waals surface area contributed by atoms with Crippen LogP contribution < -0.4 is 10.6 Å². The van der Waals surface area contributed by atoms with Crippen molar-refractivity contribution in [2.24, 2.45) is 0 Å². The molecule has 0 aromatic rings. The first-order valence-corrected chi connectivity index (χ1v) is 4.17. The molecule has 6 heteroatoms. The Morgan fingerprint density at radius 1 is 1.07 bits per heavy atom. The Labute approximate surface area is 90.0 Å². The van der Waals surface area contributed by atoms with Crippen molar-refractivity contribution < 1.29 is 19.8 Å². The van der Waals surface area contributed by atoms with E-state index in [1.54, 1.807) is 0 Å². The minimum Gasteiger partial charge on any atom is -0.481 e. The first-order valence-electron chi connectivity index (χ1n) is 4.17. The Morgan fingerprint density at radius 3 is 1.40 bits per heavy atom. The van der Waals surface area contributed by atoms with Crippen molar-refractivity contribution in [1.82, 2.24) is 10.6 Å². The summed E-state index contributed by atoms with van der Waals surface area (Å²) in [5.74, 6) is -2.44. The van der Waals surface area contributed by atoms with Crippen molar-refractivity contribution in [3.05, 3.63) is 12.2 Å². The summed E-state index contributed by atoms with van der Waals surface area (Å²) in [6, 6.07) is 0. The van der Waals surface area contributed by atoms with Crippen molar-refractivity contribution in [2.45, 2.75) is 6.42 Å². The van der Waals surface area contributed by atoms with Gasteiger partial charge in [0.15, 0.2) is 0 Å². The third kappa shape index (κ3) is 32.5. The van der Waals surface area contributed by atoms with Crippen LogP contribution in [0.2, 0.25) is 0 Å². The Bertz CT molecular complexity index is 191. The molecule has 0 aliphatic rings. The number of rotatable bonds is 3. The molecule has 0 aliphatic carbocycles. The van der Waals surface area contributed by atoms with Crippen LogP contribution in [0.4, 0.5) is 0 Å². The Kier molecular flexibility index (Phi) is 19.3. The van der Waals surface area contributed by atoms with Crippen LogP contribution >= 0.6 is 0 Å². The van der Waals surface area contributed by atoms with E-state index in [-0.39, 0.29) is 5.57 Å². The number of hydrogen-bond donors (Lipinski definition) is 4. The van der Waals surface area contributed by atoms with Crippen molar-refractivity contribution in [3.63, 3.8) is 0 Å². The predicted octanol–water partition coefficient (Wildman–Crippen LogP) is -0.227. The molecule has 0 fully saturated rings. The van der Waals surface area contributed by atoms with Crippen LogP contribution in [0.15, 0.2) is 12.2 Å². The van der Waals surface area contributed by atoms with E-state index >= 15 is 0 Å². The zero-order valence-electron chi connectivity index (χ0n) is 9.63. The molecule has 0 amide bonds. The lowest BCUT2D eigenvalue weighted by atomic mass is 10.2. The molecule has 0 heterocycles. The first kappa shape index (κ1) is 19.2. The maximum absolute atomic E-state index is 9.87. The van der Waals surface area contributed by atoms with E-state index in [4.69, 9.17) is 10.2 Å². The van der Waals surface area contributed by atoms with E-state index in [0.717, 1.165) is 0 Å². The molecule has 0 aromatic carbocycles. The molecular formula is C9H20N2O4. The van der Waals surface area contributed by atoms with E-state index in [9.17, 15) is 9.59 Å². The number of carboxylic acids is 2. The summed E-state index contributed by atoms with van der Waals surface area (Å²) in [4.78, 5) is 19.7. The molecule has 0 unspecified atom stereocenters. The number of carboxylic acid groups (broad SMARTS) is 2. The summed E-state index contributed by atoms with van der Waals surface area (Å²) in [6.45, 7) is 3.01. The van der Waals surface area contributed by atoms with Gasteiger partial charge in [-0.1, -0.05) is 6.58 Å². The van der Waals surface area contributed by atoms with Gasteiger partial charge in [0.25, 0.3) is 0 Å². The molecule has 0 spiro atoms. The van der Waals surface area contributed by atoms with Gasteiger partial charge in [-0.2, -0.15) is 0 Å². The van der Waals surface area contributed by atoms with Crippen LogP contribution in [-0.4, -0.2) is 50.3 Å². The van der Waals surface area contributed by atoms with Crippen LogP contribution in [0.3, 0.4) is 0 Å². The fourth-order valence-electron chi connectivity index (χ4n) is 0.258. The lowest BCUT2D eigenvalue weighted by Gasteiger charge is -1.91. The Hall–Kier alpha value is -1.40. The zero-order valence-corrected chi connectivity index (χ0v) is 9.63. The number of aliphatic carboxylic acids is 2. The van der Waals surface area contributed by atoms with Gasteiger partial charge in [-0.05, 0) is 28.2 Å². The molecule has 0 saturated heterocycles. The third-order valence-corrected chi connectivity index (χ3v) is 0.667. The highest BCUT2D eigenvalue weighted by Crippen LogP contribution is 1.95.